The SMILES string of the molecule is COC(=O)C1=C(C)NC(C)=C(C(=O)OC2(C)CCN(Cc3ccccc3)CC2)C1c1cccc([N+](=O)[O-])c1.Cl. The van der Waals surface area contributed by atoms with Crippen molar-refractivity contribution in [2.75, 3.05) is 20.2 Å². The molecule has 4 rings (SSSR count). The van der Waals surface area contributed by atoms with E-state index < -0.39 is 28.4 Å². The van der Waals surface area contributed by atoms with Crippen LogP contribution >= 0.6 is 12.4 Å². The maximum atomic E-state index is 13.8. The second kappa shape index (κ2) is 12.4. The summed E-state index contributed by atoms with van der Waals surface area (Å²) in [6, 6.07) is 16.2. The van der Waals surface area contributed by atoms with Gasteiger partial charge in [-0.15, -0.1) is 12.4 Å². The minimum Gasteiger partial charge on any atom is -0.466 e. The number of methoxy groups -OCH3 is 1. The van der Waals surface area contributed by atoms with Gasteiger partial charge in [0.25, 0.3) is 5.69 Å². The number of carbonyl (C=O) groups is 2. The second-order valence-electron chi connectivity index (χ2n) is 10.1. The van der Waals surface area contributed by atoms with E-state index in [0.717, 1.165) is 19.6 Å². The van der Waals surface area contributed by atoms with E-state index in [2.05, 4.69) is 22.3 Å². The Morgan fingerprint density at radius 1 is 1.03 bits per heavy atom. The summed E-state index contributed by atoms with van der Waals surface area (Å²) in [5.41, 5.74) is 2.36. The minimum atomic E-state index is -0.877. The molecule has 0 aliphatic carbocycles. The first-order valence-corrected chi connectivity index (χ1v) is 12.6. The predicted molar refractivity (Wildman–Crippen MR) is 149 cm³/mol. The van der Waals surface area contributed by atoms with Gasteiger partial charge >= 0.3 is 11.9 Å². The molecule has 2 aliphatic heterocycles. The molecule has 39 heavy (non-hydrogen) atoms. The first-order valence-electron chi connectivity index (χ1n) is 12.6. The van der Waals surface area contributed by atoms with Crippen LogP contribution < -0.4 is 5.32 Å². The number of allylic oxidation sites excluding steroid dienone is 2. The summed E-state index contributed by atoms with van der Waals surface area (Å²) in [6.07, 6.45) is 1.32. The van der Waals surface area contributed by atoms with Crippen LogP contribution in [0, 0.1) is 10.1 Å². The highest BCUT2D eigenvalue weighted by atomic mass is 35.5. The lowest BCUT2D eigenvalue weighted by molar-refractivity contribution is -0.384. The summed E-state index contributed by atoms with van der Waals surface area (Å²) >= 11 is 0. The predicted octanol–water partition coefficient (Wildman–Crippen LogP) is 5.02. The zero-order valence-electron chi connectivity index (χ0n) is 22.6. The number of halogens is 1. The van der Waals surface area contributed by atoms with E-state index >= 15 is 0 Å². The van der Waals surface area contributed by atoms with Crippen molar-refractivity contribution in [2.24, 2.45) is 0 Å². The molecular formula is C29H34ClN3O6. The molecule has 0 radical (unpaired) electrons. The molecule has 1 saturated heterocycles. The van der Waals surface area contributed by atoms with Crippen LogP contribution in [0.4, 0.5) is 5.69 Å². The van der Waals surface area contributed by atoms with E-state index in [0.29, 0.717) is 29.8 Å². The number of nitrogens with zero attached hydrogens (tertiary/aromatic N) is 2. The smallest absolute Gasteiger partial charge is 0.337 e. The van der Waals surface area contributed by atoms with Crippen molar-refractivity contribution < 1.29 is 24.0 Å². The molecule has 0 spiro atoms. The molecule has 1 N–H and O–H groups in total. The first-order chi connectivity index (χ1) is 18.1. The third-order valence-corrected chi connectivity index (χ3v) is 7.30. The van der Waals surface area contributed by atoms with Crippen LogP contribution in [0.1, 0.15) is 50.7 Å². The molecule has 2 heterocycles. The molecule has 2 aliphatic rings. The van der Waals surface area contributed by atoms with Crippen molar-refractivity contribution in [3.8, 4) is 0 Å². The topological polar surface area (TPSA) is 111 Å². The van der Waals surface area contributed by atoms with Crippen LogP contribution in [0.5, 0.6) is 0 Å². The molecule has 0 amide bonds. The van der Waals surface area contributed by atoms with E-state index in [1.807, 2.05) is 25.1 Å². The van der Waals surface area contributed by atoms with Gasteiger partial charge < -0.3 is 14.8 Å². The quantitative estimate of drug-likeness (QED) is 0.288. The van der Waals surface area contributed by atoms with Crippen molar-refractivity contribution in [1.82, 2.24) is 10.2 Å². The minimum absolute atomic E-state index is 0. The Morgan fingerprint density at radius 3 is 2.23 bits per heavy atom. The van der Waals surface area contributed by atoms with Gasteiger partial charge in [-0.25, -0.2) is 9.59 Å². The lowest BCUT2D eigenvalue weighted by Gasteiger charge is -2.40. The van der Waals surface area contributed by atoms with Crippen molar-refractivity contribution in [1.29, 1.82) is 0 Å². The van der Waals surface area contributed by atoms with E-state index in [9.17, 15) is 19.7 Å². The number of hydrogen-bond acceptors (Lipinski definition) is 8. The van der Waals surface area contributed by atoms with Gasteiger partial charge in [-0.05, 0) is 44.7 Å². The van der Waals surface area contributed by atoms with E-state index in [-0.39, 0.29) is 29.2 Å². The van der Waals surface area contributed by atoms with Crippen molar-refractivity contribution >= 4 is 30.0 Å². The molecule has 0 saturated carbocycles. The number of nitrogens with one attached hydrogen (secondary N) is 1. The van der Waals surface area contributed by atoms with Crippen LogP contribution in [0.25, 0.3) is 0 Å². The van der Waals surface area contributed by atoms with Gasteiger partial charge in [-0.1, -0.05) is 42.5 Å². The number of hydrogen-bond donors (Lipinski definition) is 1. The Bertz CT molecular complexity index is 1300. The number of carbonyl (C=O) groups excluding carboxylic acids is 2. The number of non-ortho nitro benzene ring substituents is 1. The fraction of sp³-hybridized carbons (Fsp3) is 0.379. The summed E-state index contributed by atoms with van der Waals surface area (Å²) in [5, 5.41) is 14.6. The highest BCUT2D eigenvalue weighted by Crippen LogP contribution is 2.41. The van der Waals surface area contributed by atoms with Crippen LogP contribution in [-0.4, -0.2) is 47.6 Å². The largest absolute Gasteiger partial charge is 0.466 e. The third-order valence-electron chi connectivity index (χ3n) is 7.30. The van der Waals surface area contributed by atoms with E-state index in [1.165, 1.54) is 24.8 Å². The molecule has 10 heteroatoms. The zero-order valence-corrected chi connectivity index (χ0v) is 23.4. The Hall–Kier alpha value is -3.69. The molecule has 0 bridgehead atoms. The Kier molecular flexibility index (Phi) is 9.53. The fourth-order valence-electron chi connectivity index (χ4n) is 5.20. The van der Waals surface area contributed by atoms with Crippen molar-refractivity contribution in [3.63, 3.8) is 0 Å². The first kappa shape index (κ1) is 29.9. The number of piperidine rings is 1. The molecule has 9 nitrogen and oxygen atoms in total. The standard InChI is InChI=1S/C29H33N3O6.ClH/c1-19-24(27(33)37-4)26(22-11-8-12-23(17-22)32(35)36)25(20(2)30-19)28(34)38-29(3)13-15-31(16-14-29)18-21-9-6-5-7-10-21;/h5-12,17,26,30H,13-16,18H2,1-4H3;1H. The zero-order chi connectivity index (χ0) is 27.4. The van der Waals surface area contributed by atoms with Crippen LogP contribution in [0.15, 0.2) is 77.1 Å². The molecule has 0 aromatic heterocycles. The van der Waals surface area contributed by atoms with Crippen LogP contribution in [0.2, 0.25) is 0 Å². The summed E-state index contributed by atoms with van der Waals surface area (Å²) in [7, 11) is 1.26. The summed E-state index contributed by atoms with van der Waals surface area (Å²) < 4.78 is 11.2. The van der Waals surface area contributed by atoms with E-state index in [1.54, 1.807) is 26.0 Å². The van der Waals surface area contributed by atoms with Crippen molar-refractivity contribution in [3.05, 3.63) is 98.4 Å². The average Bonchev–Trinajstić information content (AvgIpc) is 2.89. The van der Waals surface area contributed by atoms with Gasteiger partial charge in [0.1, 0.15) is 5.60 Å². The van der Waals surface area contributed by atoms with Gasteiger partial charge in [-0.3, -0.25) is 15.0 Å². The average molecular weight is 556 g/mol. The van der Waals surface area contributed by atoms with Gasteiger partial charge in [0.2, 0.25) is 0 Å². The number of dihydropyridines is 1. The monoisotopic (exact) mass is 555 g/mol. The number of likely N-dealkylation sites (tertiary alicyclic amines) is 1. The molecule has 2 aromatic rings. The normalized spacial score (nSPS) is 19.0. The number of nitro groups is 1. The van der Waals surface area contributed by atoms with Crippen molar-refractivity contribution in [2.45, 2.75) is 51.7 Å². The number of esters is 2. The highest BCUT2D eigenvalue weighted by molar-refractivity contribution is 6.00. The maximum Gasteiger partial charge on any atom is 0.337 e. The highest BCUT2D eigenvalue weighted by Gasteiger charge is 2.41. The summed E-state index contributed by atoms with van der Waals surface area (Å²) in [5.74, 6) is -2.05. The van der Waals surface area contributed by atoms with Gasteiger partial charge in [0.15, 0.2) is 0 Å². The van der Waals surface area contributed by atoms with Crippen LogP contribution in [0.3, 0.4) is 0 Å². The molecule has 1 unspecified atom stereocenters. The molecule has 2 aromatic carbocycles. The van der Waals surface area contributed by atoms with Gasteiger partial charge in [0.05, 0.1) is 29.1 Å². The lowest BCUT2D eigenvalue weighted by Crippen LogP contribution is -2.45. The second-order valence-corrected chi connectivity index (χ2v) is 10.1. The summed E-state index contributed by atoms with van der Waals surface area (Å²) in [4.78, 5) is 40.0. The lowest BCUT2D eigenvalue weighted by atomic mass is 9.80. The number of benzene rings is 2. The molecule has 208 valence electrons. The van der Waals surface area contributed by atoms with Gasteiger partial charge in [-0.2, -0.15) is 0 Å². The Morgan fingerprint density at radius 2 is 1.64 bits per heavy atom. The maximum absolute atomic E-state index is 13.8. The summed E-state index contributed by atoms with van der Waals surface area (Å²) in [6.45, 7) is 7.77. The number of nitro benzene ring substituents is 1. The number of rotatable bonds is 7. The number of ether oxygens (including phenoxy) is 2. The molecule has 1 fully saturated rings. The molecular weight excluding hydrogens is 522 g/mol. The third kappa shape index (κ3) is 6.66. The van der Waals surface area contributed by atoms with Crippen LogP contribution in [-0.2, 0) is 25.6 Å². The molecule has 1 atom stereocenters. The fourth-order valence-corrected chi connectivity index (χ4v) is 5.20. The van der Waals surface area contributed by atoms with E-state index in [4.69, 9.17) is 9.47 Å². The Labute approximate surface area is 234 Å². The Balaban J connectivity index is 0.00000420. The van der Waals surface area contributed by atoms with Gasteiger partial charge in [0, 0.05) is 43.2 Å².